The summed E-state index contributed by atoms with van der Waals surface area (Å²) in [6.45, 7) is 11.2. The van der Waals surface area contributed by atoms with Crippen molar-refractivity contribution >= 4 is 5.82 Å². The average molecular weight is 294 g/mol. The van der Waals surface area contributed by atoms with Crippen molar-refractivity contribution in [2.24, 2.45) is 13.0 Å². The summed E-state index contributed by atoms with van der Waals surface area (Å²) in [5.41, 5.74) is 2.42. The molecule has 0 amide bonds. The minimum absolute atomic E-state index is 0.192. The van der Waals surface area contributed by atoms with Crippen LogP contribution in [0.3, 0.4) is 0 Å². The van der Waals surface area contributed by atoms with Gasteiger partial charge < -0.3 is 15.3 Å². The lowest BCUT2D eigenvalue weighted by molar-refractivity contribution is 0.109. The molecule has 1 aromatic rings. The number of aliphatic hydroxyl groups excluding tert-OH is 1. The molecule has 2 rings (SSSR count). The first kappa shape index (κ1) is 16.3. The molecule has 0 radical (unpaired) electrons. The number of nitrogens with zero attached hydrogens (tertiary/aromatic N) is 3. The number of anilines is 1. The van der Waals surface area contributed by atoms with Gasteiger partial charge in [-0.3, -0.25) is 4.68 Å². The molecule has 5 nitrogen and oxygen atoms in total. The van der Waals surface area contributed by atoms with Gasteiger partial charge in [-0.25, -0.2) is 0 Å². The minimum Gasteiger partial charge on any atom is -0.393 e. The Balaban J connectivity index is 2.12. The first-order chi connectivity index (χ1) is 9.90. The van der Waals surface area contributed by atoms with Gasteiger partial charge in [-0.1, -0.05) is 13.8 Å². The number of rotatable bonds is 5. The van der Waals surface area contributed by atoms with Gasteiger partial charge in [0.05, 0.1) is 11.8 Å². The summed E-state index contributed by atoms with van der Waals surface area (Å²) in [4.78, 5) is 2.43. The van der Waals surface area contributed by atoms with Crippen LogP contribution in [0.15, 0.2) is 0 Å². The molecule has 1 aromatic heterocycles. The van der Waals surface area contributed by atoms with Crippen molar-refractivity contribution < 1.29 is 5.11 Å². The zero-order chi connectivity index (χ0) is 15.6. The van der Waals surface area contributed by atoms with Crippen LogP contribution in [0, 0.1) is 12.8 Å². The Morgan fingerprint density at radius 1 is 1.29 bits per heavy atom. The molecular formula is C16H30N4O. The number of hydrogen-bond donors (Lipinski definition) is 2. The van der Waals surface area contributed by atoms with Crippen molar-refractivity contribution in [2.75, 3.05) is 18.0 Å². The van der Waals surface area contributed by atoms with E-state index >= 15 is 0 Å². The number of piperidine rings is 1. The van der Waals surface area contributed by atoms with Crippen molar-refractivity contribution in [1.29, 1.82) is 0 Å². The van der Waals surface area contributed by atoms with Crippen LogP contribution in [0.5, 0.6) is 0 Å². The molecule has 0 aliphatic carbocycles. The number of aliphatic hydroxyl groups is 1. The highest BCUT2D eigenvalue weighted by atomic mass is 16.3. The third kappa shape index (κ3) is 3.77. The van der Waals surface area contributed by atoms with E-state index in [1.807, 2.05) is 18.7 Å². The van der Waals surface area contributed by atoms with E-state index in [0.29, 0.717) is 12.0 Å². The van der Waals surface area contributed by atoms with E-state index in [4.69, 9.17) is 0 Å². The number of aromatic nitrogens is 2. The Morgan fingerprint density at radius 3 is 2.43 bits per heavy atom. The summed E-state index contributed by atoms with van der Waals surface area (Å²) in [5, 5.41) is 17.9. The number of hydrogen-bond acceptors (Lipinski definition) is 4. The topological polar surface area (TPSA) is 53.3 Å². The molecule has 1 fully saturated rings. The molecule has 1 aliphatic rings. The highest BCUT2D eigenvalue weighted by Crippen LogP contribution is 2.29. The van der Waals surface area contributed by atoms with Gasteiger partial charge in [0.2, 0.25) is 0 Å². The second kappa shape index (κ2) is 6.79. The second-order valence-corrected chi connectivity index (χ2v) is 6.61. The van der Waals surface area contributed by atoms with Crippen molar-refractivity contribution in [3.05, 3.63) is 11.3 Å². The van der Waals surface area contributed by atoms with E-state index < -0.39 is 0 Å². The molecule has 0 spiro atoms. The maximum atomic E-state index is 9.75. The Morgan fingerprint density at radius 2 is 1.90 bits per heavy atom. The largest absolute Gasteiger partial charge is 0.393 e. The van der Waals surface area contributed by atoms with E-state index in [0.717, 1.165) is 38.2 Å². The van der Waals surface area contributed by atoms with Crippen LogP contribution < -0.4 is 10.2 Å². The maximum absolute atomic E-state index is 9.75. The molecule has 1 unspecified atom stereocenters. The van der Waals surface area contributed by atoms with Crippen molar-refractivity contribution in [1.82, 2.24) is 15.1 Å². The molecule has 2 N–H and O–H groups in total. The second-order valence-electron chi connectivity index (χ2n) is 6.61. The van der Waals surface area contributed by atoms with Crippen LogP contribution in [-0.4, -0.2) is 40.1 Å². The van der Waals surface area contributed by atoms with Crippen LogP contribution in [0.25, 0.3) is 0 Å². The van der Waals surface area contributed by atoms with Crippen LogP contribution in [0.1, 0.15) is 44.9 Å². The van der Waals surface area contributed by atoms with Crippen molar-refractivity contribution in [2.45, 2.75) is 59.2 Å². The summed E-state index contributed by atoms with van der Waals surface area (Å²) in [6.07, 6.45) is 1.92. The van der Waals surface area contributed by atoms with Gasteiger partial charge in [0.1, 0.15) is 5.82 Å². The monoisotopic (exact) mass is 294 g/mol. The molecule has 1 saturated heterocycles. The van der Waals surface area contributed by atoms with Gasteiger partial charge >= 0.3 is 0 Å². The normalized spacial score (nSPS) is 18.5. The van der Waals surface area contributed by atoms with Crippen molar-refractivity contribution in [3.8, 4) is 0 Å². The molecule has 0 bridgehead atoms. The van der Waals surface area contributed by atoms with E-state index in [1.54, 1.807) is 0 Å². The quantitative estimate of drug-likeness (QED) is 0.870. The SMILES string of the molecule is Cc1nn(C)c(N2CCC(C(C)O)CC2)c1CNC(C)C. The first-order valence-electron chi connectivity index (χ1n) is 8.09. The molecular weight excluding hydrogens is 264 g/mol. The van der Waals surface area contributed by atoms with Crippen molar-refractivity contribution in [3.63, 3.8) is 0 Å². The minimum atomic E-state index is -0.192. The van der Waals surface area contributed by atoms with Gasteiger partial charge in [-0.05, 0) is 32.6 Å². The Labute approximate surface area is 128 Å². The van der Waals surface area contributed by atoms with Crippen LogP contribution >= 0.6 is 0 Å². The fourth-order valence-electron chi connectivity index (χ4n) is 3.19. The smallest absolute Gasteiger partial charge is 0.131 e. The fraction of sp³-hybridized carbons (Fsp3) is 0.812. The maximum Gasteiger partial charge on any atom is 0.131 e. The highest BCUT2D eigenvalue weighted by molar-refractivity contribution is 5.50. The van der Waals surface area contributed by atoms with Crippen LogP contribution in [-0.2, 0) is 13.6 Å². The predicted octanol–water partition coefficient (Wildman–Crippen LogP) is 1.82. The van der Waals surface area contributed by atoms with Gasteiger partial charge in [0, 0.05) is 38.3 Å². The van der Waals surface area contributed by atoms with Crippen LogP contribution in [0.2, 0.25) is 0 Å². The lowest BCUT2D eigenvalue weighted by Gasteiger charge is -2.35. The van der Waals surface area contributed by atoms with Crippen LogP contribution in [0.4, 0.5) is 5.82 Å². The lowest BCUT2D eigenvalue weighted by Crippen LogP contribution is -2.38. The molecule has 0 saturated carbocycles. The summed E-state index contributed by atoms with van der Waals surface area (Å²) >= 11 is 0. The van der Waals surface area contributed by atoms with Gasteiger partial charge in [0.25, 0.3) is 0 Å². The summed E-state index contributed by atoms with van der Waals surface area (Å²) in [5.74, 6) is 1.68. The molecule has 1 atom stereocenters. The predicted molar refractivity (Wildman–Crippen MR) is 86.5 cm³/mol. The van der Waals surface area contributed by atoms with E-state index in [-0.39, 0.29) is 6.10 Å². The zero-order valence-electron chi connectivity index (χ0n) is 14.1. The molecule has 0 aromatic carbocycles. The third-order valence-electron chi connectivity index (χ3n) is 4.52. The highest BCUT2D eigenvalue weighted by Gasteiger charge is 2.26. The summed E-state index contributed by atoms with van der Waals surface area (Å²) in [6, 6.07) is 0.471. The van der Waals surface area contributed by atoms with E-state index in [9.17, 15) is 5.11 Å². The van der Waals surface area contributed by atoms with E-state index in [2.05, 4.69) is 36.1 Å². The zero-order valence-corrected chi connectivity index (χ0v) is 14.1. The fourth-order valence-corrected chi connectivity index (χ4v) is 3.19. The van der Waals surface area contributed by atoms with Gasteiger partial charge in [-0.2, -0.15) is 5.10 Å². The molecule has 21 heavy (non-hydrogen) atoms. The van der Waals surface area contributed by atoms with Gasteiger partial charge in [0.15, 0.2) is 0 Å². The van der Waals surface area contributed by atoms with E-state index in [1.165, 1.54) is 11.4 Å². The molecule has 1 aliphatic heterocycles. The Hall–Kier alpha value is -1.07. The lowest BCUT2D eigenvalue weighted by atomic mass is 9.92. The Bertz CT molecular complexity index is 459. The average Bonchev–Trinajstić information content (AvgIpc) is 2.70. The summed E-state index contributed by atoms with van der Waals surface area (Å²) in [7, 11) is 2.03. The molecule has 120 valence electrons. The number of nitrogens with one attached hydrogen (secondary N) is 1. The molecule has 5 heteroatoms. The standard InChI is InChI=1S/C16H30N4O/c1-11(2)17-10-15-12(3)18-19(5)16(15)20-8-6-14(7-9-20)13(4)21/h11,13-14,17,21H,6-10H2,1-5H3. The Kier molecular flexibility index (Phi) is 5.27. The van der Waals surface area contributed by atoms with Gasteiger partial charge in [-0.15, -0.1) is 0 Å². The third-order valence-corrected chi connectivity index (χ3v) is 4.52. The number of aryl methyl sites for hydroxylation is 2. The summed E-state index contributed by atoms with van der Waals surface area (Å²) < 4.78 is 2.01. The first-order valence-corrected chi connectivity index (χ1v) is 8.09. The molecule has 2 heterocycles.